The Morgan fingerprint density at radius 3 is 2.45 bits per heavy atom. The molecule has 0 atom stereocenters. The number of hydrogen-bond donors (Lipinski definition) is 0. The molecule has 0 N–H and O–H groups in total. The molecule has 4 nitrogen and oxygen atoms in total. The summed E-state index contributed by atoms with van der Waals surface area (Å²) in [5.74, 6) is -0.338. The Kier molecular flexibility index (Phi) is 3.54. The molecule has 0 amide bonds. The fraction of sp³-hybridized carbons (Fsp3) is 0.0625. The standard InChI is InChI=1S/C16H13FN2O2S/c1-12-2-6-16(7-3-12)22(20,21)18-19-9-8-13-10-15(17)5-4-14(13)11-19/h2-11H,1H3. The molecule has 0 fully saturated rings. The smallest absolute Gasteiger partial charge is 0.172 e. The van der Waals surface area contributed by atoms with Crippen molar-refractivity contribution in [3.05, 3.63) is 77.1 Å². The molecule has 0 bridgehead atoms. The molecule has 0 spiro atoms. The predicted octanol–water partition coefficient (Wildman–Crippen LogP) is 3.10. The van der Waals surface area contributed by atoms with E-state index in [1.165, 1.54) is 35.1 Å². The van der Waals surface area contributed by atoms with E-state index in [0.717, 1.165) is 5.56 Å². The molecule has 0 saturated heterocycles. The maximum absolute atomic E-state index is 13.1. The Bertz CT molecular complexity index is 938. The van der Waals surface area contributed by atoms with E-state index >= 15 is 0 Å². The summed E-state index contributed by atoms with van der Waals surface area (Å²) in [6.07, 6.45) is 3.02. The fourth-order valence-electron chi connectivity index (χ4n) is 2.08. The summed E-state index contributed by atoms with van der Waals surface area (Å²) >= 11 is 0. The van der Waals surface area contributed by atoms with Gasteiger partial charge in [0.25, 0.3) is 0 Å². The lowest BCUT2D eigenvalue weighted by Crippen LogP contribution is -2.31. The normalized spacial score (nSPS) is 11.5. The van der Waals surface area contributed by atoms with Gasteiger partial charge in [-0.25, -0.2) is 17.5 Å². The van der Waals surface area contributed by atoms with Crippen LogP contribution in [0.4, 0.5) is 4.39 Å². The molecule has 3 aromatic rings. The fourth-order valence-corrected chi connectivity index (χ4v) is 3.01. The molecule has 0 aliphatic heterocycles. The lowest BCUT2D eigenvalue weighted by Gasteiger charge is -2.14. The van der Waals surface area contributed by atoms with Crippen molar-refractivity contribution >= 4 is 20.8 Å². The van der Waals surface area contributed by atoms with Crippen LogP contribution in [-0.4, -0.2) is 8.42 Å². The number of benzene rings is 2. The average molecular weight is 316 g/mol. The first-order valence-electron chi connectivity index (χ1n) is 6.60. The zero-order chi connectivity index (χ0) is 15.7. The van der Waals surface area contributed by atoms with Gasteiger partial charge in [-0.15, -0.1) is 0 Å². The van der Waals surface area contributed by atoms with Crippen LogP contribution < -0.4 is 4.68 Å². The van der Waals surface area contributed by atoms with Crippen molar-refractivity contribution in [1.29, 1.82) is 0 Å². The van der Waals surface area contributed by atoms with Crippen LogP contribution in [0.15, 0.2) is 65.8 Å². The average Bonchev–Trinajstić information content (AvgIpc) is 2.47. The molecule has 1 aromatic heterocycles. The van der Waals surface area contributed by atoms with Gasteiger partial charge in [0.2, 0.25) is 0 Å². The molecule has 1 heterocycles. The van der Waals surface area contributed by atoms with Crippen molar-refractivity contribution in [3.63, 3.8) is 0 Å². The van der Waals surface area contributed by atoms with Gasteiger partial charge in [0, 0.05) is 11.5 Å². The highest BCUT2D eigenvalue weighted by Crippen LogP contribution is 2.17. The minimum Gasteiger partial charge on any atom is -0.318 e. The SMILES string of the molecule is Cc1ccc(S(=O)(=O)[N-][n+]2ccc3cc(F)ccc3c2)cc1. The number of rotatable bonds is 3. The van der Waals surface area contributed by atoms with Crippen LogP contribution >= 0.6 is 0 Å². The topological polar surface area (TPSA) is 52.1 Å². The van der Waals surface area contributed by atoms with Crippen molar-refractivity contribution < 1.29 is 17.5 Å². The summed E-state index contributed by atoms with van der Waals surface area (Å²) < 4.78 is 38.9. The molecule has 0 aliphatic carbocycles. The number of pyridine rings is 1. The molecule has 0 saturated carbocycles. The molecule has 6 heteroatoms. The van der Waals surface area contributed by atoms with Crippen LogP contribution in [0.2, 0.25) is 0 Å². The summed E-state index contributed by atoms with van der Waals surface area (Å²) in [5.41, 5.74) is 0.972. The third kappa shape index (κ3) is 2.92. The van der Waals surface area contributed by atoms with E-state index in [1.807, 2.05) is 6.92 Å². The third-order valence-corrected chi connectivity index (χ3v) is 4.52. The van der Waals surface area contributed by atoms with E-state index in [-0.39, 0.29) is 10.7 Å². The number of aryl methyl sites for hydroxylation is 1. The van der Waals surface area contributed by atoms with Crippen LogP contribution in [0.25, 0.3) is 15.6 Å². The number of nitrogens with zero attached hydrogens (tertiary/aromatic N) is 2. The highest BCUT2D eigenvalue weighted by molar-refractivity contribution is 7.93. The van der Waals surface area contributed by atoms with Crippen molar-refractivity contribution in [2.75, 3.05) is 0 Å². The second-order valence-electron chi connectivity index (χ2n) is 4.97. The van der Waals surface area contributed by atoms with E-state index in [9.17, 15) is 12.8 Å². The number of fused-ring (bicyclic) bond motifs is 1. The first kappa shape index (κ1) is 14.5. The summed E-state index contributed by atoms with van der Waals surface area (Å²) in [5, 5.41) is 1.38. The van der Waals surface area contributed by atoms with Gasteiger partial charge in [-0.1, -0.05) is 17.7 Å². The zero-order valence-electron chi connectivity index (χ0n) is 11.8. The molecule has 0 aliphatic rings. The van der Waals surface area contributed by atoms with Gasteiger partial charge < -0.3 is 4.83 Å². The van der Waals surface area contributed by atoms with Crippen LogP contribution in [0.3, 0.4) is 0 Å². The van der Waals surface area contributed by atoms with Gasteiger partial charge in [0.05, 0.1) is 4.90 Å². The minimum absolute atomic E-state index is 0.129. The van der Waals surface area contributed by atoms with Crippen LogP contribution in [-0.2, 0) is 10.0 Å². The Morgan fingerprint density at radius 2 is 1.73 bits per heavy atom. The van der Waals surface area contributed by atoms with E-state index < -0.39 is 10.0 Å². The Morgan fingerprint density at radius 1 is 1.00 bits per heavy atom. The largest absolute Gasteiger partial charge is 0.318 e. The number of aromatic nitrogens is 1. The summed E-state index contributed by atoms with van der Waals surface area (Å²) in [7, 11) is -3.79. The lowest BCUT2D eigenvalue weighted by atomic mass is 10.2. The Balaban J connectivity index is 1.95. The van der Waals surface area contributed by atoms with Gasteiger partial charge in [0.15, 0.2) is 22.4 Å². The monoisotopic (exact) mass is 316 g/mol. The third-order valence-electron chi connectivity index (χ3n) is 3.25. The van der Waals surface area contributed by atoms with Crippen molar-refractivity contribution in [3.8, 4) is 0 Å². The molecule has 22 heavy (non-hydrogen) atoms. The molecule has 112 valence electrons. The molecule has 2 aromatic carbocycles. The van der Waals surface area contributed by atoms with Gasteiger partial charge in [-0.3, -0.25) is 0 Å². The molecule has 3 rings (SSSR count). The van der Waals surface area contributed by atoms with Crippen molar-refractivity contribution in [2.24, 2.45) is 0 Å². The van der Waals surface area contributed by atoms with E-state index in [0.29, 0.717) is 10.8 Å². The Labute approximate surface area is 127 Å². The molecular formula is C16H13FN2O2S. The van der Waals surface area contributed by atoms with Crippen LogP contribution in [0.5, 0.6) is 0 Å². The number of hydrogen-bond acceptors (Lipinski definition) is 2. The zero-order valence-corrected chi connectivity index (χ0v) is 12.6. The summed E-state index contributed by atoms with van der Waals surface area (Å²) in [6.45, 7) is 1.88. The number of sulfonamides is 1. The molecule has 0 unspecified atom stereocenters. The first-order chi connectivity index (χ1) is 10.4. The van der Waals surface area contributed by atoms with Gasteiger partial charge >= 0.3 is 0 Å². The van der Waals surface area contributed by atoms with Gasteiger partial charge in [-0.2, -0.15) is 0 Å². The second kappa shape index (κ2) is 5.38. The second-order valence-corrected chi connectivity index (χ2v) is 6.55. The summed E-state index contributed by atoms with van der Waals surface area (Å²) in [4.78, 5) is 3.89. The van der Waals surface area contributed by atoms with Crippen molar-refractivity contribution in [2.45, 2.75) is 11.8 Å². The van der Waals surface area contributed by atoms with E-state index in [1.54, 1.807) is 30.5 Å². The van der Waals surface area contributed by atoms with Crippen molar-refractivity contribution in [1.82, 2.24) is 0 Å². The quantitative estimate of drug-likeness (QED) is 0.697. The summed E-state index contributed by atoms with van der Waals surface area (Å²) in [6, 6.07) is 12.4. The van der Waals surface area contributed by atoms with Crippen LogP contribution in [0, 0.1) is 12.7 Å². The highest BCUT2D eigenvalue weighted by atomic mass is 32.2. The lowest BCUT2D eigenvalue weighted by molar-refractivity contribution is -0.612. The van der Waals surface area contributed by atoms with E-state index in [2.05, 4.69) is 4.83 Å². The first-order valence-corrected chi connectivity index (χ1v) is 8.04. The van der Waals surface area contributed by atoms with E-state index in [4.69, 9.17) is 0 Å². The molecule has 0 radical (unpaired) electrons. The number of halogens is 1. The Hall–Kier alpha value is -2.47. The molecular weight excluding hydrogens is 303 g/mol. The van der Waals surface area contributed by atoms with Gasteiger partial charge in [-0.05, 0) is 42.6 Å². The maximum Gasteiger partial charge on any atom is 0.172 e. The highest BCUT2D eigenvalue weighted by Gasteiger charge is 2.09. The predicted molar refractivity (Wildman–Crippen MR) is 81.2 cm³/mol. The van der Waals surface area contributed by atoms with Gasteiger partial charge in [0.1, 0.15) is 5.82 Å². The van der Waals surface area contributed by atoms with Crippen LogP contribution in [0.1, 0.15) is 5.56 Å². The minimum atomic E-state index is -3.79. The maximum atomic E-state index is 13.1.